The van der Waals surface area contributed by atoms with E-state index >= 15 is 0 Å². The molecule has 0 aliphatic carbocycles. The van der Waals surface area contributed by atoms with Crippen LogP contribution in [0, 0.1) is 19.8 Å². The van der Waals surface area contributed by atoms with Gasteiger partial charge in [-0.3, -0.25) is 14.7 Å². The molecular weight excluding hydrogens is 283 g/mol. The highest BCUT2D eigenvalue weighted by molar-refractivity contribution is 5.94. The van der Waals surface area contributed by atoms with Gasteiger partial charge in [-0.2, -0.15) is 13.2 Å². The Hall–Kier alpha value is -1.63. The zero-order valence-electron chi connectivity index (χ0n) is 12.0. The fraction of sp³-hybridized carbons (Fsp3) is 0.571. The summed E-state index contributed by atoms with van der Waals surface area (Å²) < 4.78 is 37.0. The van der Waals surface area contributed by atoms with Crippen LogP contribution in [0.15, 0.2) is 12.3 Å². The number of nitrogens with zero attached hydrogens (tertiary/aromatic N) is 2. The summed E-state index contributed by atoms with van der Waals surface area (Å²) in [6, 6.07) is 1.78. The Balaban J connectivity index is 1.96. The number of anilines is 1. The molecule has 0 saturated carbocycles. The second-order valence-corrected chi connectivity index (χ2v) is 5.41. The van der Waals surface area contributed by atoms with E-state index in [0.717, 1.165) is 5.56 Å². The molecule has 7 heteroatoms. The maximum absolute atomic E-state index is 12.3. The SMILES string of the molecule is Cc1ccnc(C)c1NC(=O)[C@H]1CCN(CC(F)(F)F)C1. The molecule has 0 radical (unpaired) electrons. The Bertz CT molecular complexity index is 510. The van der Waals surface area contributed by atoms with Crippen molar-refractivity contribution in [3.8, 4) is 0 Å². The Kier molecular flexibility index (Phi) is 4.51. The Morgan fingerprint density at radius 1 is 1.48 bits per heavy atom. The number of alkyl halides is 3. The van der Waals surface area contributed by atoms with E-state index in [1.165, 1.54) is 4.90 Å². The number of hydrogen-bond acceptors (Lipinski definition) is 3. The predicted octanol–water partition coefficient (Wildman–Crippen LogP) is 2.52. The number of hydrogen-bond donors (Lipinski definition) is 1. The topological polar surface area (TPSA) is 45.2 Å². The molecule has 1 aliphatic rings. The van der Waals surface area contributed by atoms with E-state index in [0.29, 0.717) is 24.3 Å². The van der Waals surface area contributed by atoms with E-state index < -0.39 is 18.6 Å². The van der Waals surface area contributed by atoms with Gasteiger partial charge in [-0.05, 0) is 38.4 Å². The highest BCUT2D eigenvalue weighted by atomic mass is 19.4. The van der Waals surface area contributed by atoms with E-state index in [-0.39, 0.29) is 12.5 Å². The number of carbonyl (C=O) groups excluding carboxylic acids is 1. The summed E-state index contributed by atoms with van der Waals surface area (Å²) in [4.78, 5) is 17.6. The van der Waals surface area contributed by atoms with Crippen LogP contribution < -0.4 is 5.32 Å². The minimum atomic E-state index is -4.22. The number of aryl methyl sites for hydroxylation is 2. The summed E-state index contributed by atoms with van der Waals surface area (Å²) in [5.41, 5.74) is 2.24. The molecule has 2 rings (SSSR count). The molecule has 0 spiro atoms. The van der Waals surface area contributed by atoms with Gasteiger partial charge in [0.25, 0.3) is 0 Å². The number of carbonyl (C=O) groups is 1. The van der Waals surface area contributed by atoms with Gasteiger partial charge < -0.3 is 5.32 Å². The second-order valence-electron chi connectivity index (χ2n) is 5.41. The monoisotopic (exact) mass is 301 g/mol. The molecule has 1 atom stereocenters. The van der Waals surface area contributed by atoms with Gasteiger partial charge in [0.05, 0.1) is 23.8 Å². The predicted molar refractivity (Wildman–Crippen MR) is 72.9 cm³/mol. The first-order valence-electron chi connectivity index (χ1n) is 6.78. The highest BCUT2D eigenvalue weighted by Gasteiger charge is 2.36. The molecule has 0 bridgehead atoms. The van der Waals surface area contributed by atoms with Gasteiger partial charge in [0.15, 0.2) is 0 Å². The standard InChI is InChI=1S/C14H18F3N3O/c1-9-3-5-18-10(2)12(9)19-13(21)11-4-6-20(7-11)8-14(15,16)17/h3,5,11H,4,6-8H2,1-2H3,(H,19,21)/t11-/m0/s1. The van der Waals surface area contributed by atoms with E-state index in [4.69, 9.17) is 0 Å². The molecule has 1 aliphatic heterocycles. The van der Waals surface area contributed by atoms with Crippen LogP contribution in [-0.2, 0) is 4.79 Å². The number of halogens is 3. The lowest BCUT2D eigenvalue weighted by Crippen LogP contribution is -2.34. The van der Waals surface area contributed by atoms with Crippen LogP contribution in [0.3, 0.4) is 0 Å². The van der Waals surface area contributed by atoms with Crippen LogP contribution in [-0.4, -0.2) is 41.6 Å². The van der Waals surface area contributed by atoms with Crippen LogP contribution in [0.2, 0.25) is 0 Å². The lowest BCUT2D eigenvalue weighted by atomic mass is 10.1. The van der Waals surface area contributed by atoms with Crippen LogP contribution in [0.1, 0.15) is 17.7 Å². The number of nitrogens with one attached hydrogen (secondary N) is 1. The van der Waals surface area contributed by atoms with Crippen molar-refractivity contribution in [1.82, 2.24) is 9.88 Å². The minimum absolute atomic E-state index is 0.143. The summed E-state index contributed by atoms with van der Waals surface area (Å²) in [6.07, 6.45) is -2.12. The Morgan fingerprint density at radius 3 is 2.81 bits per heavy atom. The fourth-order valence-electron chi connectivity index (χ4n) is 2.55. The van der Waals surface area contributed by atoms with E-state index in [1.807, 2.05) is 6.92 Å². The van der Waals surface area contributed by atoms with Crippen molar-refractivity contribution < 1.29 is 18.0 Å². The van der Waals surface area contributed by atoms with Gasteiger partial charge in [-0.25, -0.2) is 0 Å². The molecule has 1 aromatic heterocycles. The van der Waals surface area contributed by atoms with Crippen molar-refractivity contribution in [2.45, 2.75) is 26.4 Å². The lowest BCUT2D eigenvalue weighted by molar-refractivity contribution is -0.144. The molecular formula is C14H18F3N3O. The normalized spacial score (nSPS) is 19.8. The number of pyridine rings is 1. The zero-order chi connectivity index (χ0) is 15.6. The average Bonchev–Trinajstić information content (AvgIpc) is 2.80. The highest BCUT2D eigenvalue weighted by Crippen LogP contribution is 2.25. The van der Waals surface area contributed by atoms with Gasteiger partial charge >= 0.3 is 6.18 Å². The summed E-state index contributed by atoms with van der Waals surface area (Å²) >= 11 is 0. The van der Waals surface area contributed by atoms with Crippen molar-refractivity contribution in [3.63, 3.8) is 0 Å². The van der Waals surface area contributed by atoms with Crippen LogP contribution in [0.25, 0.3) is 0 Å². The summed E-state index contributed by atoms with van der Waals surface area (Å²) in [6.45, 7) is 3.12. The lowest BCUT2D eigenvalue weighted by Gasteiger charge is -2.18. The Morgan fingerprint density at radius 2 is 2.19 bits per heavy atom. The van der Waals surface area contributed by atoms with Crippen LogP contribution in [0.5, 0.6) is 0 Å². The number of aromatic nitrogens is 1. The van der Waals surface area contributed by atoms with Crippen molar-refractivity contribution in [1.29, 1.82) is 0 Å². The minimum Gasteiger partial charge on any atom is -0.324 e. The van der Waals surface area contributed by atoms with Gasteiger partial charge in [-0.1, -0.05) is 0 Å². The van der Waals surface area contributed by atoms with E-state index in [2.05, 4.69) is 10.3 Å². The van der Waals surface area contributed by atoms with Crippen molar-refractivity contribution in [2.75, 3.05) is 25.0 Å². The van der Waals surface area contributed by atoms with Crippen LogP contribution >= 0.6 is 0 Å². The van der Waals surface area contributed by atoms with Crippen molar-refractivity contribution >= 4 is 11.6 Å². The van der Waals surface area contributed by atoms with Gasteiger partial charge in [0.1, 0.15) is 0 Å². The quantitative estimate of drug-likeness (QED) is 0.933. The van der Waals surface area contributed by atoms with Crippen molar-refractivity contribution in [2.24, 2.45) is 5.92 Å². The third kappa shape index (κ3) is 4.17. The summed E-state index contributed by atoms with van der Waals surface area (Å²) in [7, 11) is 0. The van der Waals surface area contributed by atoms with Gasteiger partial charge in [0.2, 0.25) is 5.91 Å². The third-order valence-corrected chi connectivity index (χ3v) is 3.64. The fourth-order valence-corrected chi connectivity index (χ4v) is 2.55. The number of rotatable bonds is 3. The molecule has 2 heterocycles. The second kappa shape index (κ2) is 6.01. The molecule has 0 aromatic carbocycles. The molecule has 1 N–H and O–H groups in total. The first-order valence-corrected chi connectivity index (χ1v) is 6.78. The molecule has 1 amide bonds. The van der Waals surface area contributed by atoms with Crippen molar-refractivity contribution in [3.05, 3.63) is 23.5 Å². The molecule has 1 saturated heterocycles. The maximum atomic E-state index is 12.3. The third-order valence-electron chi connectivity index (χ3n) is 3.64. The maximum Gasteiger partial charge on any atom is 0.401 e. The zero-order valence-corrected chi connectivity index (χ0v) is 12.0. The summed E-state index contributed by atoms with van der Waals surface area (Å²) in [5, 5.41) is 2.79. The first-order chi connectivity index (χ1) is 9.76. The molecule has 116 valence electrons. The summed E-state index contributed by atoms with van der Waals surface area (Å²) in [5.74, 6) is -0.648. The smallest absolute Gasteiger partial charge is 0.324 e. The molecule has 0 unspecified atom stereocenters. The molecule has 1 aromatic rings. The molecule has 21 heavy (non-hydrogen) atoms. The number of amides is 1. The van der Waals surface area contributed by atoms with Gasteiger partial charge in [-0.15, -0.1) is 0 Å². The average molecular weight is 301 g/mol. The van der Waals surface area contributed by atoms with E-state index in [1.54, 1.807) is 19.2 Å². The van der Waals surface area contributed by atoms with E-state index in [9.17, 15) is 18.0 Å². The largest absolute Gasteiger partial charge is 0.401 e. The molecule has 1 fully saturated rings. The molecule has 4 nitrogen and oxygen atoms in total. The number of likely N-dealkylation sites (tertiary alicyclic amines) is 1. The van der Waals surface area contributed by atoms with Crippen LogP contribution in [0.4, 0.5) is 18.9 Å². The Labute approximate surface area is 121 Å². The van der Waals surface area contributed by atoms with Gasteiger partial charge in [0, 0.05) is 12.7 Å². The first kappa shape index (κ1) is 15.8.